The van der Waals surface area contributed by atoms with Crippen molar-refractivity contribution in [3.05, 3.63) is 41.5 Å². The number of aliphatic hydroxyl groups excluding tert-OH is 1. The Morgan fingerprint density at radius 3 is 2.56 bits per heavy atom. The second kappa shape index (κ2) is 13.0. The number of hydrogen-bond donors (Lipinski definition) is 3. The zero-order valence-corrected chi connectivity index (χ0v) is 24.6. The van der Waals surface area contributed by atoms with Crippen LogP contribution in [0.2, 0.25) is 0 Å². The molecule has 1 aromatic heterocycles. The lowest BCUT2D eigenvalue weighted by Gasteiger charge is -2.34. The third kappa shape index (κ3) is 7.62. The molecule has 41 heavy (non-hydrogen) atoms. The topological polar surface area (TPSA) is 150 Å². The van der Waals surface area contributed by atoms with E-state index in [0.29, 0.717) is 50.1 Å². The molecule has 0 unspecified atom stereocenters. The summed E-state index contributed by atoms with van der Waals surface area (Å²) in [6.07, 6.45) is -0.252. The summed E-state index contributed by atoms with van der Waals surface area (Å²) in [7, 11) is 0. The quantitative estimate of drug-likeness (QED) is 0.407. The molecule has 224 valence electrons. The number of aliphatic hydroxyl groups is 1. The van der Waals surface area contributed by atoms with Gasteiger partial charge in [-0.15, -0.1) is 0 Å². The van der Waals surface area contributed by atoms with Crippen LogP contribution in [0.4, 0.5) is 0 Å². The van der Waals surface area contributed by atoms with Gasteiger partial charge in [0, 0.05) is 44.6 Å². The van der Waals surface area contributed by atoms with Gasteiger partial charge in [-0.1, -0.05) is 51.9 Å². The molecule has 2 aliphatic heterocycles. The summed E-state index contributed by atoms with van der Waals surface area (Å²) >= 11 is 0. The summed E-state index contributed by atoms with van der Waals surface area (Å²) in [6.45, 7) is 12.3. The van der Waals surface area contributed by atoms with E-state index in [1.807, 2.05) is 34.6 Å². The second-order valence-electron chi connectivity index (χ2n) is 12.2. The Balaban J connectivity index is 1.48. The average Bonchev–Trinajstić information content (AvgIpc) is 3.58. The number of likely N-dealkylation sites (tertiary alicyclic amines) is 1. The molecule has 2 aromatic rings. The summed E-state index contributed by atoms with van der Waals surface area (Å²) in [5.41, 5.74) is -0.0513. The first-order valence-electron chi connectivity index (χ1n) is 14.3. The number of carbonyl (C=O) groups is 3. The van der Waals surface area contributed by atoms with Crippen LogP contribution in [0.25, 0.3) is 0 Å². The van der Waals surface area contributed by atoms with Crippen molar-refractivity contribution in [1.29, 1.82) is 0 Å². The third-order valence-corrected chi connectivity index (χ3v) is 7.18. The first-order chi connectivity index (χ1) is 19.4. The van der Waals surface area contributed by atoms with Crippen LogP contribution in [0.1, 0.15) is 69.5 Å². The van der Waals surface area contributed by atoms with Crippen molar-refractivity contribution in [2.24, 2.45) is 5.92 Å². The summed E-state index contributed by atoms with van der Waals surface area (Å²) in [5.74, 6) is 0.210. The molecular weight excluding hydrogens is 528 g/mol. The number of rotatable bonds is 9. The largest absolute Gasteiger partial charge is 0.485 e. The fraction of sp³-hybridized carbons (Fsp3) is 0.621. The van der Waals surface area contributed by atoms with Crippen molar-refractivity contribution in [3.8, 4) is 5.75 Å². The number of ether oxygens (including phenoxy) is 1. The molecule has 3 amide bonds. The number of carbonyl (C=O) groups excluding carboxylic acids is 3. The van der Waals surface area contributed by atoms with Crippen LogP contribution in [-0.2, 0) is 21.6 Å². The summed E-state index contributed by atoms with van der Waals surface area (Å²) in [6, 6.07) is 5.10. The fourth-order valence-corrected chi connectivity index (χ4v) is 5.06. The third-order valence-electron chi connectivity index (χ3n) is 7.18. The van der Waals surface area contributed by atoms with Gasteiger partial charge in [-0.2, -0.15) is 4.98 Å². The van der Waals surface area contributed by atoms with Gasteiger partial charge < -0.3 is 34.8 Å². The van der Waals surface area contributed by atoms with E-state index in [0.717, 1.165) is 0 Å². The molecule has 0 bridgehead atoms. The lowest BCUT2D eigenvalue weighted by Crippen LogP contribution is -2.56. The maximum absolute atomic E-state index is 13.8. The van der Waals surface area contributed by atoms with Crippen LogP contribution in [0.3, 0.4) is 0 Å². The van der Waals surface area contributed by atoms with E-state index >= 15 is 0 Å². The summed E-state index contributed by atoms with van der Waals surface area (Å²) in [5, 5.41) is 20.5. The van der Waals surface area contributed by atoms with Gasteiger partial charge in [0.2, 0.25) is 23.5 Å². The van der Waals surface area contributed by atoms with E-state index in [1.165, 1.54) is 4.90 Å². The van der Waals surface area contributed by atoms with Crippen molar-refractivity contribution < 1.29 is 28.8 Å². The fourth-order valence-electron chi connectivity index (χ4n) is 5.06. The van der Waals surface area contributed by atoms with E-state index in [2.05, 4.69) is 20.8 Å². The Bertz CT molecular complexity index is 1220. The van der Waals surface area contributed by atoms with Crippen LogP contribution in [0.5, 0.6) is 5.75 Å². The van der Waals surface area contributed by atoms with Gasteiger partial charge in [0.15, 0.2) is 6.61 Å². The first-order valence-corrected chi connectivity index (χ1v) is 14.3. The second-order valence-corrected chi connectivity index (χ2v) is 12.2. The lowest BCUT2D eigenvalue weighted by atomic mass is 9.97. The minimum absolute atomic E-state index is 0.000293. The summed E-state index contributed by atoms with van der Waals surface area (Å²) in [4.78, 5) is 48.2. The summed E-state index contributed by atoms with van der Waals surface area (Å²) < 4.78 is 11.2. The standard InChI is InChI=1S/C29H42N6O6/c1-18(2)14-21(26(38)35-16-19(36)15-22(35)27(39)34-12-10-30-11-13-34)31-25(37)20-8-6-7-9-23(20)40-17-24-32-28(41-33-24)29(3,4)5/h6-9,18-19,21-22,30,36H,10-17H2,1-5H3,(H,31,37)/t19-,21+,22+/m0/s1. The molecule has 3 N–H and O–H groups in total. The van der Waals surface area contributed by atoms with E-state index in [4.69, 9.17) is 9.26 Å². The Labute approximate surface area is 240 Å². The Hall–Kier alpha value is -3.51. The average molecular weight is 571 g/mol. The number of piperazine rings is 1. The Morgan fingerprint density at radius 2 is 1.90 bits per heavy atom. The van der Waals surface area contributed by atoms with Crippen LogP contribution in [0, 0.1) is 5.92 Å². The van der Waals surface area contributed by atoms with Crippen LogP contribution >= 0.6 is 0 Å². The highest BCUT2D eigenvalue weighted by Gasteiger charge is 2.43. The SMILES string of the molecule is CC(C)C[C@@H](NC(=O)c1ccccc1OCc1noc(C(C)(C)C)n1)C(=O)N1C[C@@H](O)C[C@@H]1C(=O)N1CCNCC1. The molecule has 12 heteroatoms. The predicted octanol–water partition coefficient (Wildman–Crippen LogP) is 1.48. The lowest BCUT2D eigenvalue weighted by molar-refractivity contribution is -0.145. The van der Waals surface area contributed by atoms with Gasteiger partial charge in [0.1, 0.15) is 17.8 Å². The number of nitrogens with one attached hydrogen (secondary N) is 2. The number of nitrogens with zero attached hydrogens (tertiary/aromatic N) is 4. The van der Waals surface area contributed by atoms with Gasteiger partial charge in [0.05, 0.1) is 11.7 Å². The number of β-amino-alcohol motifs (C(OH)–C–C–N with tert-alkyl or cyclic N) is 1. The van der Waals surface area contributed by atoms with E-state index in [9.17, 15) is 19.5 Å². The molecule has 2 aliphatic rings. The smallest absolute Gasteiger partial charge is 0.255 e. The molecule has 2 saturated heterocycles. The van der Waals surface area contributed by atoms with Crippen molar-refractivity contribution in [2.75, 3.05) is 32.7 Å². The van der Waals surface area contributed by atoms with Crippen molar-refractivity contribution in [1.82, 2.24) is 30.6 Å². The zero-order chi connectivity index (χ0) is 29.7. The minimum Gasteiger partial charge on any atom is -0.485 e. The van der Waals surface area contributed by atoms with Crippen LogP contribution in [0.15, 0.2) is 28.8 Å². The number of benzene rings is 1. The first kappa shape index (κ1) is 30.4. The Morgan fingerprint density at radius 1 is 1.20 bits per heavy atom. The molecule has 2 fully saturated rings. The Kier molecular flexibility index (Phi) is 9.64. The maximum atomic E-state index is 13.8. The van der Waals surface area contributed by atoms with Crippen molar-refractivity contribution >= 4 is 17.7 Å². The van der Waals surface area contributed by atoms with Gasteiger partial charge >= 0.3 is 0 Å². The van der Waals surface area contributed by atoms with Crippen molar-refractivity contribution in [2.45, 2.75) is 77.7 Å². The number of para-hydroxylation sites is 1. The normalized spacial score (nSPS) is 20.3. The van der Waals surface area contributed by atoms with Gasteiger partial charge in [-0.05, 0) is 24.5 Å². The number of amides is 3. The van der Waals surface area contributed by atoms with E-state index in [1.54, 1.807) is 29.2 Å². The number of aromatic nitrogens is 2. The minimum atomic E-state index is -0.884. The molecule has 3 heterocycles. The molecule has 0 saturated carbocycles. The molecule has 1 aromatic carbocycles. The molecule has 3 atom stereocenters. The molecule has 4 rings (SSSR count). The van der Waals surface area contributed by atoms with Crippen molar-refractivity contribution in [3.63, 3.8) is 0 Å². The molecule has 0 spiro atoms. The highest BCUT2D eigenvalue weighted by molar-refractivity contribution is 6.00. The van der Waals surface area contributed by atoms with E-state index < -0.39 is 24.1 Å². The van der Waals surface area contributed by atoms with Crippen LogP contribution in [-0.4, -0.2) is 93.7 Å². The molecule has 0 aliphatic carbocycles. The molecular formula is C29H42N6O6. The predicted molar refractivity (Wildman–Crippen MR) is 150 cm³/mol. The highest BCUT2D eigenvalue weighted by Crippen LogP contribution is 2.25. The highest BCUT2D eigenvalue weighted by atomic mass is 16.5. The van der Waals surface area contributed by atoms with Gasteiger partial charge in [-0.3, -0.25) is 14.4 Å². The van der Waals surface area contributed by atoms with Gasteiger partial charge in [0.25, 0.3) is 5.91 Å². The van der Waals surface area contributed by atoms with E-state index in [-0.39, 0.29) is 48.3 Å². The monoisotopic (exact) mass is 570 g/mol. The number of hydrogen-bond acceptors (Lipinski definition) is 9. The molecule has 0 radical (unpaired) electrons. The maximum Gasteiger partial charge on any atom is 0.255 e. The zero-order valence-electron chi connectivity index (χ0n) is 24.6. The molecule has 12 nitrogen and oxygen atoms in total. The van der Waals surface area contributed by atoms with Crippen LogP contribution < -0.4 is 15.4 Å². The van der Waals surface area contributed by atoms with Gasteiger partial charge in [-0.25, -0.2) is 0 Å².